The molecule has 0 unspecified atom stereocenters. The van der Waals surface area contributed by atoms with Crippen molar-refractivity contribution in [1.29, 1.82) is 0 Å². The molecule has 0 spiro atoms. The molecular weight excluding hydrogens is 293 g/mol. The molecule has 1 atom stereocenters. The van der Waals surface area contributed by atoms with Crippen LogP contribution in [0.3, 0.4) is 0 Å². The molecule has 0 aliphatic heterocycles. The first-order valence-electron chi connectivity index (χ1n) is 6.93. The van der Waals surface area contributed by atoms with E-state index in [1.165, 1.54) is 6.20 Å². The van der Waals surface area contributed by atoms with Crippen LogP contribution in [0, 0.1) is 5.41 Å². The standard InChI is InChI=1S/C16H19F3N2O/c1-15(2,3)14(22)20-13(16(17,18)19)11-9-21(4)12-8-6-5-7-10(11)12/h5-9,13H,1-4H3,(H,20,22)/t13-/m0/s1. The molecule has 6 heteroatoms. The zero-order valence-electron chi connectivity index (χ0n) is 13.0. The van der Waals surface area contributed by atoms with Gasteiger partial charge >= 0.3 is 6.18 Å². The number of aryl methyl sites for hydroxylation is 1. The Kier molecular flexibility index (Phi) is 3.98. The van der Waals surface area contributed by atoms with E-state index in [0.717, 1.165) is 0 Å². The summed E-state index contributed by atoms with van der Waals surface area (Å²) in [5.41, 5.74) is -0.145. The highest BCUT2D eigenvalue weighted by molar-refractivity contribution is 5.86. The Balaban J connectivity index is 2.52. The summed E-state index contributed by atoms with van der Waals surface area (Å²) in [6, 6.07) is 4.81. The zero-order valence-corrected chi connectivity index (χ0v) is 13.0. The molecule has 2 rings (SSSR count). The van der Waals surface area contributed by atoms with E-state index in [1.54, 1.807) is 56.7 Å². The van der Waals surface area contributed by atoms with Gasteiger partial charge in [0, 0.05) is 35.1 Å². The predicted octanol–water partition coefficient (Wildman–Crippen LogP) is 3.94. The Labute approximate surface area is 127 Å². The number of hydrogen-bond acceptors (Lipinski definition) is 1. The number of nitrogens with zero attached hydrogens (tertiary/aromatic N) is 1. The second-order valence-corrected chi connectivity index (χ2v) is 6.41. The fourth-order valence-corrected chi connectivity index (χ4v) is 2.29. The SMILES string of the molecule is Cn1cc([C@H](NC(=O)C(C)(C)C)C(F)(F)F)c2ccccc21. The molecule has 0 fully saturated rings. The van der Waals surface area contributed by atoms with Gasteiger partial charge in [-0.15, -0.1) is 0 Å². The van der Waals surface area contributed by atoms with E-state index in [2.05, 4.69) is 5.32 Å². The van der Waals surface area contributed by atoms with Gasteiger partial charge in [-0.2, -0.15) is 13.2 Å². The van der Waals surface area contributed by atoms with Gasteiger partial charge in [0.05, 0.1) is 0 Å². The minimum absolute atomic E-state index is 0.0585. The topological polar surface area (TPSA) is 34.0 Å². The van der Waals surface area contributed by atoms with Crippen molar-refractivity contribution in [2.75, 3.05) is 0 Å². The number of halogens is 3. The molecule has 1 aromatic carbocycles. The number of fused-ring (bicyclic) bond motifs is 1. The van der Waals surface area contributed by atoms with Crippen LogP contribution in [0.5, 0.6) is 0 Å². The van der Waals surface area contributed by atoms with Gasteiger partial charge in [-0.25, -0.2) is 0 Å². The summed E-state index contributed by atoms with van der Waals surface area (Å²) in [5.74, 6) is -0.636. The van der Waals surface area contributed by atoms with Gasteiger partial charge in [-0.3, -0.25) is 4.79 Å². The van der Waals surface area contributed by atoms with Gasteiger partial charge in [-0.1, -0.05) is 39.0 Å². The molecule has 1 aromatic heterocycles. The first-order chi connectivity index (χ1) is 10.0. The lowest BCUT2D eigenvalue weighted by Crippen LogP contribution is -2.43. The summed E-state index contributed by atoms with van der Waals surface area (Å²) >= 11 is 0. The molecule has 0 saturated carbocycles. The van der Waals surface area contributed by atoms with Gasteiger partial charge in [0.1, 0.15) is 0 Å². The smallest absolute Gasteiger partial charge is 0.350 e. The first-order valence-corrected chi connectivity index (χ1v) is 6.93. The molecule has 0 aliphatic rings. The van der Waals surface area contributed by atoms with Crippen molar-refractivity contribution in [3.63, 3.8) is 0 Å². The fourth-order valence-electron chi connectivity index (χ4n) is 2.29. The molecule has 1 amide bonds. The van der Waals surface area contributed by atoms with Crippen molar-refractivity contribution in [2.45, 2.75) is 33.0 Å². The van der Waals surface area contributed by atoms with Gasteiger partial charge in [0.2, 0.25) is 5.91 Å². The molecule has 0 radical (unpaired) electrons. The first kappa shape index (κ1) is 16.4. The van der Waals surface area contributed by atoms with Gasteiger partial charge in [-0.05, 0) is 6.07 Å². The molecule has 3 nitrogen and oxygen atoms in total. The summed E-state index contributed by atoms with van der Waals surface area (Å²) in [7, 11) is 1.69. The maximum atomic E-state index is 13.5. The van der Waals surface area contributed by atoms with Crippen LogP contribution in [0.2, 0.25) is 0 Å². The molecule has 2 aromatic rings. The van der Waals surface area contributed by atoms with E-state index in [4.69, 9.17) is 0 Å². The molecular formula is C16H19F3N2O. The van der Waals surface area contributed by atoms with Crippen LogP contribution in [-0.4, -0.2) is 16.7 Å². The lowest BCUT2D eigenvalue weighted by Gasteiger charge is -2.26. The Morgan fingerprint density at radius 2 is 1.77 bits per heavy atom. The molecule has 0 aliphatic carbocycles. The normalized spacial score (nSPS) is 14.1. The van der Waals surface area contributed by atoms with Crippen molar-refractivity contribution >= 4 is 16.8 Å². The van der Waals surface area contributed by atoms with E-state index < -0.39 is 23.5 Å². The quantitative estimate of drug-likeness (QED) is 0.895. The number of benzene rings is 1. The minimum atomic E-state index is -4.56. The number of alkyl halides is 3. The number of carbonyl (C=O) groups excluding carboxylic acids is 1. The maximum absolute atomic E-state index is 13.5. The molecule has 22 heavy (non-hydrogen) atoms. The molecule has 1 N–H and O–H groups in total. The van der Waals surface area contributed by atoms with Crippen LogP contribution in [-0.2, 0) is 11.8 Å². The van der Waals surface area contributed by atoms with Crippen molar-refractivity contribution in [1.82, 2.24) is 9.88 Å². The molecule has 1 heterocycles. The highest BCUT2D eigenvalue weighted by atomic mass is 19.4. The second kappa shape index (κ2) is 5.34. The van der Waals surface area contributed by atoms with Gasteiger partial charge in [0.15, 0.2) is 6.04 Å². The van der Waals surface area contributed by atoms with E-state index in [9.17, 15) is 18.0 Å². The maximum Gasteiger partial charge on any atom is 0.412 e. The number of para-hydroxylation sites is 1. The lowest BCUT2D eigenvalue weighted by molar-refractivity contribution is -0.165. The summed E-state index contributed by atoms with van der Waals surface area (Å²) in [5, 5.41) is 2.63. The average molecular weight is 312 g/mol. The molecule has 0 bridgehead atoms. The summed E-state index contributed by atoms with van der Waals surface area (Å²) < 4.78 is 42.0. The van der Waals surface area contributed by atoms with E-state index in [1.807, 2.05) is 0 Å². The van der Waals surface area contributed by atoms with Crippen LogP contribution >= 0.6 is 0 Å². The Morgan fingerprint density at radius 3 is 2.32 bits per heavy atom. The second-order valence-electron chi connectivity index (χ2n) is 6.41. The van der Waals surface area contributed by atoms with E-state index >= 15 is 0 Å². The summed E-state index contributed by atoms with van der Waals surface area (Å²) in [4.78, 5) is 12.0. The van der Waals surface area contributed by atoms with Crippen molar-refractivity contribution in [3.05, 3.63) is 36.0 Å². The number of aromatic nitrogens is 1. The van der Waals surface area contributed by atoms with Crippen LogP contribution in [0.4, 0.5) is 13.2 Å². The Hall–Kier alpha value is -1.98. The third-order valence-corrected chi connectivity index (χ3v) is 3.52. The lowest BCUT2D eigenvalue weighted by atomic mass is 9.94. The number of nitrogens with one attached hydrogen (secondary N) is 1. The van der Waals surface area contributed by atoms with Gasteiger partial charge < -0.3 is 9.88 Å². The van der Waals surface area contributed by atoms with Crippen LogP contribution in [0.1, 0.15) is 32.4 Å². The van der Waals surface area contributed by atoms with Gasteiger partial charge in [0.25, 0.3) is 0 Å². The minimum Gasteiger partial charge on any atom is -0.350 e. The molecule has 120 valence electrons. The van der Waals surface area contributed by atoms with Crippen molar-refractivity contribution in [2.24, 2.45) is 12.5 Å². The van der Waals surface area contributed by atoms with Crippen molar-refractivity contribution in [3.8, 4) is 0 Å². The highest BCUT2D eigenvalue weighted by Crippen LogP contribution is 2.37. The number of rotatable bonds is 2. The zero-order chi connectivity index (χ0) is 16.7. The average Bonchev–Trinajstić information content (AvgIpc) is 2.71. The third kappa shape index (κ3) is 3.10. The Morgan fingerprint density at radius 1 is 1.18 bits per heavy atom. The monoisotopic (exact) mass is 312 g/mol. The van der Waals surface area contributed by atoms with Crippen LogP contribution < -0.4 is 5.32 Å². The van der Waals surface area contributed by atoms with Crippen molar-refractivity contribution < 1.29 is 18.0 Å². The molecule has 0 saturated heterocycles. The number of hydrogen-bond donors (Lipinski definition) is 1. The van der Waals surface area contributed by atoms with E-state index in [0.29, 0.717) is 10.9 Å². The number of carbonyl (C=O) groups is 1. The summed E-state index contributed by atoms with van der Waals surface area (Å²) in [6.45, 7) is 4.75. The highest BCUT2D eigenvalue weighted by Gasteiger charge is 2.44. The summed E-state index contributed by atoms with van der Waals surface area (Å²) in [6.07, 6.45) is -3.14. The third-order valence-electron chi connectivity index (χ3n) is 3.52. The van der Waals surface area contributed by atoms with E-state index in [-0.39, 0.29) is 5.56 Å². The fraction of sp³-hybridized carbons (Fsp3) is 0.438. The van der Waals surface area contributed by atoms with Crippen LogP contribution in [0.25, 0.3) is 10.9 Å². The largest absolute Gasteiger partial charge is 0.412 e. The van der Waals surface area contributed by atoms with Crippen LogP contribution in [0.15, 0.2) is 30.5 Å². The predicted molar refractivity (Wildman–Crippen MR) is 79.3 cm³/mol. The Bertz CT molecular complexity index is 695. The number of amides is 1.